The number of carbonyl (C=O) groups is 2. The van der Waals surface area contributed by atoms with Gasteiger partial charge >= 0.3 is 12.1 Å². The zero-order valence-electron chi connectivity index (χ0n) is 10.1. The van der Waals surface area contributed by atoms with Crippen LogP contribution in [0.2, 0.25) is 0 Å². The third kappa shape index (κ3) is 4.44. The minimum Gasteiger partial charge on any atom is -0.478 e. The van der Waals surface area contributed by atoms with Crippen molar-refractivity contribution in [3.63, 3.8) is 0 Å². The van der Waals surface area contributed by atoms with Crippen molar-refractivity contribution in [3.05, 3.63) is 11.6 Å². The number of nitrogens with one attached hydrogen (secondary N) is 1. The van der Waals surface area contributed by atoms with Crippen molar-refractivity contribution in [1.82, 2.24) is 10.2 Å². The average molecular weight is 242 g/mol. The molecule has 0 aromatic heterocycles. The molecule has 1 atom stereocenters. The van der Waals surface area contributed by atoms with E-state index < -0.39 is 12.1 Å². The van der Waals surface area contributed by atoms with E-state index in [0.29, 0.717) is 12.1 Å². The van der Waals surface area contributed by atoms with Gasteiger partial charge in [0.1, 0.15) is 0 Å². The van der Waals surface area contributed by atoms with E-state index >= 15 is 0 Å². The van der Waals surface area contributed by atoms with Crippen LogP contribution in [-0.4, -0.2) is 54.9 Å². The second-order valence-electron chi connectivity index (χ2n) is 4.07. The minimum atomic E-state index is -0.895. The van der Waals surface area contributed by atoms with Gasteiger partial charge in [-0.1, -0.05) is 6.08 Å². The fourth-order valence-corrected chi connectivity index (χ4v) is 1.70. The smallest absolute Gasteiger partial charge is 0.407 e. The average Bonchev–Trinajstić information content (AvgIpc) is 2.73. The van der Waals surface area contributed by atoms with Gasteiger partial charge in [-0.2, -0.15) is 0 Å². The van der Waals surface area contributed by atoms with Crippen molar-refractivity contribution in [2.24, 2.45) is 0 Å². The predicted octanol–water partition coefficient (Wildman–Crippen LogP) is 0.448. The van der Waals surface area contributed by atoms with Gasteiger partial charge in [0.25, 0.3) is 0 Å². The standard InChI is InChI=1S/C11H18N2O4/c1-8(10(14)15)3-5-13-6-4-9(7-13)12-11(16)17-2/h3,9H,4-7H2,1-2H3,(H,12,16)(H,14,15)/b8-3-. The molecule has 1 saturated heterocycles. The fraction of sp³-hybridized carbons (Fsp3) is 0.636. The fourth-order valence-electron chi connectivity index (χ4n) is 1.70. The molecule has 96 valence electrons. The van der Waals surface area contributed by atoms with E-state index in [0.717, 1.165) is 19.5 Å². The van der Waals surface area contributed by atoms with Crippen molar-refractivity contribution in [3.8, 4) is 0 Å². The molecule has 0 aliphatic carbocycles. The summed E-state index contributed by atoms with van der Waals surface area (Å²) in [4.78, 5) is 23.7. The lowest BCUT2D eigenvalue weighted by atomic mass is 10.3. The van der Waals surface area contributed by atoms with Crippen LogP contribution in [0.4, 0.5) is 4.79 Å². The molecular formula is C11H18N2O4. The first-order valence-corrected chi connectivity index (χ1v) is 5.50. The normalized spacial score (nSPS) is 21.3. The monoisotopic (exact) mass is 242 g/mol. The van der Waals surface area contributed by atoms with Gasteiger partial charge in [-0.3, -0.25) is 4.90 Å². The summed E-state index contributed by atoms with van der Waals surface area (Å²) in [6.45, 7) is 3.73. The molecule has 6 heteroatoms. The van der Waals surface area contributed by atoms with Crippen LogP contribution < -0.4 is 5.32 Å². The molecule has 0 bridgehead atoms. The van der Waals surface area contributed by atoms with E-state index in [9.17, 15) is 9.59 Å². The number of hydrogen-bond donors (Lipinski definition) is 2. The summed E-state index contributed by atoms with van der Waals surface area (Å²) in [7, 11) is 1.33. The quantitative estimate of drug-likeness (QED) is 0.700. The molecule has 0 saturated carbocycles. The Morgan fingerprint density at radius 3 is 2.88 bits per heavy atom. The van der Waals surface area contributed by atoms with Crippen molar-refractivity contribution in [2.75, 3.05) is 26.7 Å². The summed E-state index contributed by atoms with van der Waals surface area (Å²) >= 11 is 0. The van der Waals surface area contributed by atoms with Gasteiger partial charge in [-0.25, -0.2) is 9.59 Å². The van der Waals surface area contributed by atoms with Crippen LogP contribution in [0.15, 0.2) is 11.6 Å². The highest BCUT2D eigenvalue weighted by Crippen LogP contribution is 2.09. The molecule has 1 rings (SSSR count). The number of aliphatic carboxylic acids is 1. The number of carboxylic acids is 1. The van der Waals surface area contributed by atoms with Gasteiger partial charge in [-0.15, -0.1) is 0 Å². The summed E-state index contributed by atoms with van der Waals surface area (Å²) < 4.78 is 4.52. The second-order valence-corrected chi connectivity index (χ2v) is 4.07. The topological polar surface area (TPSA) is 78.9 Å². The van der Waals surface area contributed by atoms with Crippen LogP contribution >= 0.6 is 0 Å². The zero-order chi connectivity index (χ0) is 12.8. The van der Waals surface area contributed by atoms with Crippen LogP contribution in [0.1, 0.15) is 13.3 Å². The molecular weight excluding hydrogens is 224 g/mol. The first-order chi connectivity index (χ1) is 8.02. The molecule has 1 unspecified atom stereocenters. The van der Waals surface area contributed by atoms with E-state index in [1.54, 1.807) is 13.0 Å². The van der Waals surface area contributed by atoms with Gasteiger partial charge in [0, 0.05) is 31.2 Å². The van der Waals surface area contributed by atoms with E-state index in [1.165, 1.54) is 7.11 Å². The Hall–Kier alpha value is -1.56. The minimum absolute atomic E-state index is 0.0842. The largest absolute Gasteiger partial charge is 0.478 e. The van der Waals surface area contributed by atoms with E-state index in [2.05, 4.69) is 15.0 Å². The number of methoxy groups -OCH3 is 1. The molecule has 1 fully saturated rings. The number of carbonyl (C=O) groups excluding carboxylic acids is 1. The summed E-state index contributed by atoms with van der Waals surface area (Å²) in [6, 6.07) is 0.0842. The Bertz CT molecular complexity index is 327. The van der Waals surface area contributed by atoms with Crippen molar-refractivity contribution in [2.45, 2.75) is 19.4 Å². The van der Waals surface area contributed by atoms with Crippen LogP contribution in [0.25, 0.3) is 0 Å². The zero-order valence-corrected chi connectivity index (χ0v) is 10.1. The lowest BCUT2D eigenvalue weighted by Crippen LogP contribution is -2.37. The van der Waals surface area contributed by atoms with E-state index in [-0.39, 0.29) is 6.04 Å². The molecule has 0 radical (unpaired) electrons. The van der Waals surface area contributed by atoms with Gasteiger partial charge in [0.15, 0.2) is 0 Å². The lowest BCUT2D eigenvalue weighted by molar-refractivity contribution is -0.132. The first-order valence-electron chi connectivity index (χ1n) is 5.50. The summed E-state index contributed by atoms with van der Waals surface area (Å²) in [5.74, 6) is -0.895. The number of likely N-dealkylation sites (tertiary alicyclic amines) is 1. The van der Waals surface area contributed by atoms with Gasteiger partial charge in [0.05, 0.1) is 7.11 Å². The molecule has 17 heavy (non-hydrogen) atoms. The highest BCUT2D eigenvalue weighted by atomic mass is 16.5. The maximum Gasteiger partial charge on any atom is 0.407 e. The first kappa shape index (κ1) is 13.5. The molecule has 1 amide bonds. The number of rotatable bonds is 4. The Kier molecular flexibility index (Phi) is 4.96. The highest BCUT2D eigenvalue weighted by Gasteiger charge is 2.23. The summed E-state index contributed by atoms with van der Waals surface area (Å²) in [5.41, 5.74) is 0.342. The summed E-state index contributed by atoms with van der Waals surface area (Å²) in [5, 5.41) is 11.4. The third-order valence-electron chi connectivity index (χ3n) is 2.77. The number of nitrogens with zero attached hydrogens (tertiary/aromatic N) is 1. The van der Waals surface area contributed by atoms with Crippen molar-refractivity contribution in [1.29, 1.82) is 0 Å². The maximum absolute atomic E-state index is 11.0. The number of alkyl carbamates (subject to hydrolysis) is 1. The van der Waals surface area contributed by atoms with Gasteiger partial charge < -0.3 is 15.2 Å². The molecule has 0 spiro atoms. The number of amides is 1. The number of ether oxygens (including phenoxy) is 1. The Labute approximate surface area is 100 Å². The van der Waals surface area contributed by atoms with E-state index in [4.69, 9.17) is 5.11 Å². The molecule has 0 aromatic carbocycles. The lowest BCUT2D eigenvalue weighted by Gasteiger charge is -2.14. The maximum atomic E-state index is 11.0. The number of hydrogen-bond acceptors (Lipinski definition) is 4. The Balaban J connectivity index is 2.33. The molecule has 6 nitrogen and oxygen atoms in total. The molecule has 1 aliphatic heterocycles. The van der Waals surface area contributed by atoms with E-state index in [1.807, 2.05) is 0 Å². The number of carboxylic acid groups (broad SMARTS) is 1. The van der Waals surface area contributed by atoms with Crippen LogP contribution in [0.3, 0.4) is 0 Å². The van der Waals surface area contributed by atoms with Crippen LogP contribution in [0, 0.1) is 0 Å². The van der Waals surface area contributed by atoms with Gasteiger partial charge in [0.2, 0.25) is 0 Å². The van der Waals surface area contributed by atoms with Crippen molar-refractivity contribution >= 4 is 12.1 Å². The molecule has 0 aromatic rings. The van der Waals surface area contributed by atoms with Crippen LogP contribution in [-0.2, 0) is 9.53 Å². The molecule has 1 aliphatic rings. The predicted molar refractivity (Wildman–Crippen MR) is 61.8 cm³/mol. The summed E-state index contributed by atoms with van der Waals surface area (Å²) in [6.07, 6.45) is 2.12. The molecule has 2 N–H and O–H groups in total. The second kappa shape index (κ2) is 6.24. The van der Waals surface area contributed by atoms with Crippen molar-refractivity contribution < 1.29 is 19.4 Å². The van der Waals surface area contributed by atoms with Crippen LogP contribution in [0.5, 0.6) is 0 Å². The van der Waals surface area contributed by atoms with Gasteiger partial charge in [-0.05, 0) is 13.3 Å². The molecule has 1 heterocycles. The SMILES string of the molecule is COC(=O)NC1CCN(C/C=C(/C)C(=O)O)C1. The highest BCUT2D eigenvalue weighted by molar-refractivity contribution is 5.85. The third-order valence-corrected chi connectivity index (χ3v) is 2.77. The Morgan fingerprint density at radius 2 is 2.29 bits per heavy atom. The Morgan fingerprint density at radius 1 is 1.59 bits per heavy atom.